The van der Waals surface area contributed by atoms with Crippen LogP contribution >= 0.6 is 0 Å². The van der Waals surface area contributed by atoms with Crippen molar-refractivity contribution < 1.29 is 4.79 Å². The number of rotatable bonds is 4. The smallest absolute Gasteiger partial charge is 0.237 e. The van der Waals surface area contributed by atoms with E-state index >= 15 is 0 Å². The first-order valence-corrected chi connectivity index (χ1v) is 5.23. The molecule has 13 heavy (non-hydrogen) atoms. The van der Waals surface area contributed by atoms with Gasteiger partial charge in [0.1, 0.15) is 0 Å². The summed E-state index contributed by atoms with van der Waals surface area (Å²) in [6.45, 7) is 4.03. The van der Waals surface area contributed by atoms with Gasteiger partial charge in [-0.3, -0.25) is 9.69 Å². The molecule has 1 N–H and O–H groups in total. The van der Waals surface area contributed by atoms with Crippen molar-refractivity contribution in [2.75, 3.05) is 20.1 Å². The Hall–Kier alpha value is -0.570. The van der Waals surface area contributed by atoms with E-state index < -0.39 is 0 Å². The number of nitrogens with zero attached hydrogens (tertiary/aromatic N) is 1. The molecule has 1 fully saturated rings. The fourth-order valence-electron chi connectivity index (χ4n) is 1.75. The van der Waals surface area contributed by atoms with Gasteiger partial charge in [0.15, 0.2) is 0 Å². The molecule has 3 nitrogen and oxygen atoms in total. The fourth-order valence-corrected chi connectivity index (χ4v) is 1.75. The van der Waals surface area contributed by atoms with Crippen molar-refractivity contribution in [1.29, 1.82) is 0 Å². The maximum atomic E-state index is 11.6. The summed E-state index contributed by atoms with van der Waals surface area (Å²) >= 11 is 0. The zero-order chi connectivity index (χ0) is 9.68. The molecule has 76 valence electrons. The number of likely N-dealkylation sites (N-methyl/N-ethyl adjacent to an activating group) is 1. The van der Waals surface area contributed by atoms with Crippen LogP contribution in [0, 0.1) is 0 Å². The summed E-state index contributed by atoms with van der Waals surface area (Å²) in [4.78, 5) is 13.7. The minimum Gasteiger partial charge on any atom is -0.355 e. The average Bonchev–Trinajstić information content (AvgIpc) is 2.52. The molecule has 0 radical (unpaired) electrons. The summed E-state index contributed by atoms with van der Waals surface area (Å²) in [5, 5.41) is 2.98. The molecule has 1 heterocycles. The number of carbonyl (C=O) groups is 1. The van der Waals surface area contributed by atoms with Crippen LogP contribution in [0.15, 0.2) is 0 Å². The summed E-state index contributed by atoms with van der Waals surface area (Å²) in [6.07, 6.45) is 4.40. The minimum absolute atomic E-state index is 0.136. The molecule has 0 aliphatic carbocycles. The van der Waals surface area contributed by atoms with Crippen molar-refractivity contribution in [2.45, 2.75) is 38.6 Å². The average molecular weight is 184 g/mol. The van der Waals surface area contributed by atoms with Gasteiger partial charge in [-0.1, -0.05) is 13.3 Å². The maximum Gasteiger partial charge on any atom is 0.237 e. The van der Waals surface area contributed by atoms with Crippen LogP contribution in [0.4, 0.5) is 0 Å². The summed E-state index contributed by atoms with van der Waals surface area (Å²) in [6, 6.07) is 0.136. The Balaban J connectivity index is 2.22. The molecule has 3 heteroatoms. The molecular formula is C10H20N2O. The van der Waals surface area contributed by atoms with Crippen molar-refractivity contribution >= 4 is 5.91 Å². The summed E-state index contributed by atoms with van der Waals surface area (Å²) in [5.41, 5.74) is 0. The molecule has 1 amide bonds. The standard InChI is InChI=1S/C10H20N2O/c1-3-4-7-11-10(13)9-6-5-8-12(9)2/h9H,3-8H2,1-2H3,(H,11,13)/t9-/m0/s1. The molecule has 1 saturated heterocycles. The molecule has 0 aromatic rings. The van der Waals surface area contributed by atoms with E-state index in [1.54, 1.807) is 0 Å². The molecule has 0 aromatic heterocycles. The lowest BCUT2D eigenvalue weighted by Crippen LogP contribution is -2.41. The van der Waals surface area contributed by atoms with Gasteiger partial charge < -0.3 is 5.32 Å². The number of unbranched alkanes of at least 4 members (excludes halogenated alkanes) is 1. The second-order valence-electron chi connectivity index (χ2n) is 3.78. The Kier molecular flexibility index (Phi) is 4.22. The van der Waals surface area contributed by atoms with E-state index in [1.165, 1.54) is 0 Å². The number of amides is 1. The summed E-state index contributed by atoms with van der Waals surface area (Å²) in [5.74, 6) is 0.216. The Bertz CT molecular complexity index is 170. The van der Waals surface area contributed by atoms with Crippen molar-refractivity contribution in [3.05, 3.63) is 0 Å². The molecule has 0 saturated carbocycles. The van der Waals surface area contributed by atoms with Crippen LogP contribution in [-0.4, -0.2) is 37.0 Å². The molecule has 1 rings (SSSR count). The Labute approximate surface area is 80.5 Å². The number of carbonyl (C=O) groups excluding carboxylic acids is 1. The third kappa shape index (κ3) is 2.99. The lowest BCUT2D eigenvalue weighted by molar-refractivity contribution is -0.125. The topological polar surface area (TPSA) is 32.3 Å². The number of nitrogens with one attached hydrogen (secondary N) is 1. The van der Waals surface area contributed by atoms with E-state index in [4.69, 9.17) is 0 Å². The second-order valence-corrected chi connectivity index (χ2v) is 3.78. The highest BCUT2D eigenvalue weighted by molar-refractivity contribution is 5.81. The molecule has 0 aromatic carbocycles. The molecular weight excluding hydrogens is 164 g/mol. The van der Waals surface area contributed by atoms with Crippen molar-refractivity contribution in [3.63, 3.8) is 0 Å². The molecule has 0 bridgehead atoms. The first-order valence-electron chi connectivity index (χ1n) is 5.23. The highest BCUT2D eigenvalue weighted by Crippen LogP contribution is 2.14. The van der Waals surface area contributed by atoms with E-state index in [1.807, 2.05) is 7.05 Å². The van der Waals surface area contributed by atoms with Gasteiger partial charge in [-0.05, 0) is 32.9 Å². The predicted molar refractivity (Wildman–Crippen MR) is 53.6 cm³/mol. The largest absolute Gasteiger partial charge is 0.355 e. The van der Waals surface area contributed by atoms with Gasteiger partial charge in [-0.2, -0.15) is 0 Å². The molecule has 1 aliphatic rings. The number of hydrogen-bond donors (Lipinski definition) is 1. The van der Waals surface area contributed by atoms with Gasteiger partial charge in [0.2, 0.25) is 5.91 Å². The third-order valence-electron chi connectivity index (χ3n) is 2.65. The summed E-state index contributed by atoms with van der Waals surface area (Å²) < 4.78 is 0. The molecule has 1 aliphatic heterocycles. The second kappa shape index (κ2) is 5.22. The number of likely N-dealkylation sites (tertiary alicyclic amines) is 1. The van der Waals surface area contributed by atoms with Gasteiger partial charge in [-0.25, -0.2) is 0 Å². The van der Waals surface area contributed by atoms with E-state index in [-0.39, 0.29) is 11.9 Å². The van der Waals surface area contributed by atoms with Gasteiger partial charge in [-0.15, -0.1) is 0 Å². The quantitative estimate of drug-likeness (QED) is 0.661. The van der Waals surface area contributed by atoms with Gasteiger partial charge in [0.25, 0.3) is 0 Å². The normalized spacial score (nSPS) is 23.4. The summed E-state index contributed by atoms with van der Waals surface area (Å²) in [7, 11) is 2.02. The van der Waals surface area contributed by atoms with Crippen LogP contribution < -0.4 is 5.32 Å². The van der Waals surface area contributed by atoms with Crippen molar-refractivity contribution in [1.82, 2.24) is 10.2 Å². The van der Waals surface area contributed by atoms with Crippen LogP contribution in [0.2, 0.25) is 0 Å². The maximum absolute atomic E-state index is 11.6. The zero-order valence-corrected chi connectivity index (χ0v) is 8.68. The van der Waals surface area contributed by atoms with Crippen LogP contribution in [-0.2, 0) is 4.79 Å². The highest BCUT2D eigenvalue weighted by atomic mass is 16.2. The molecule has 1 atom stereocenters. The first kappa shape index (κ1) is 10.5. The zero-order valence-electron chi connectivity index (χ0n) is 8.68. The van der Waals surface area contributed by atoms with E-state index in [0.717, 1.165) is 38.8 Å². The lowest BCUT2D eigenvalue weighted by Gasteiger charge is -2.18. The van der Waals surface area contributed by atoms with Gasteiger partial charge >= 0.3 is 0 Å². The lowest BCUT2D eigenvalue weighted by atomic mass is 10.2. The fraction of sp³-hybridized carbons (Fsp3) is 0.900. The van der Waals surface area contributed by atoms with Gasteiger partial charge in [0.05, 0.1) is 6.04 Å². The highest BCUT2D eigenvalue weighted by Gasteiger charge is 2.26. The van der Waals surface area contributed by atoms with Crippen LogP contribution in [0.5, 0.6) is 0 Å². The van der Waals surface area contributed by atoms with Gasteiger partial charge in [0, 0.05) is 6.54 Å². The Morgan fingerprint density at radius 1 is 1.62 bits per heavy atom. The van der Waals surface area contributed by atoms with E-state index in [0.29, 0.717) is 0 Å². The van der Waals surface area contributed by atoms with Crippen molar-refractivity contribution in [3.8, 4) is 0 Å². The Morgan fingerprint density at radius 3 is 2.92 bits per heavy atom. The number of hydrogen-bond acceptors (Lipinski definition) is 2. The van der Waals surface area contributed by atoms with E-state index in [2.05, 4.69) is 17.1 Å². The molecule has 0 unspecified atom stereocenters. The Morgan fingerprint density at radius 2 is 2.38 bits per heavy atom. The first-order chi connectivity index (χ1) is 6.25. The minimum atomic E-state index is 0.136. The van der Waals surface area contributed by atoms with Crippen LogP contribution in [0.3, 0.4) is 0 Å². The molecule has 0 spiro atoms. The third-order valence-corrected chi connectivity index (χ3v) is 2.65. The monoisotopic (exact) mass is 184 g/mol. The van der Waals surface area contributed by atoms with Crippen molar-refractivity contribution in [2.24, 2.45) is 0 Å². The van der Waals surface area contributed by atoms with E-state index in [9.17, 15) is 4.79 Å². The van der Waals surface area contributed by atoms with Crippen LogP contribution in [0.25, 0.3) is 0 Å². The van der Waals surface area contributed by atoms with Crippen LogP contribution in [0.1, 0.15) is 32.6 Å². The predicted octanol–water partition coefficient (Wildman–Crippen LogP) is 0.997. The SMILES string of the molecule is CCCCNC(=O)[C@@H]1CCCN1C.